The fourth-order valence-corrected chi connectivity index (χ4v) is 3.38. The molecule has 2 N–H and O–H groups in total. The largest absolute Gasteiger partial charge is 0.497 e. The number of nitrogens with one attached hydrogen (secondary N) is 2. The van der Waals surface area contributed by atoms with Crippen LogP contribution in [0, 0.1) is 5.92 Å². The summed E-state index contributed by atoms with van der Waals surface area (Å²) in [6.45, 7) is 0.832. The predicted octanol–water partition coefficient (Wildman–Crippen LogP) is 2.25. The Labute approximate surface area is 174 Å². The third kappa shape index (κ3) is 5.06. The van der Waals surface area contributed by atoms with Crippen LogP contribution in [0.15, 0.2) is 48.5 Å². The van der Waals surface area contributed by atoms with Gasteiger partial charge in [0.1, 0.15) is 5.75 Å². The highest BCUT2D eigenvalue weighted by atomic mass is 35.5. The number of carbonyl (C=O) groups excluding carboxylic acids is 3. The summed E-state index contributed by atoms with van der Waals surface area (Å²) in [6, 6.07) is 13.9. The van der Waals surface area contributed by atoms with Crippen LogP contribution in [-0.2, 0) is 9.59 Å². The van der Waals surface area contributed by atoms with Gasteiger partial charge in [-0.25, -0.2) is 0 Å². The van der Waals surface area contributed by atoms with E-state index < -0.39 is 5.92 Å². The predicted molar refractivity (Wildman–Crippen MR) is 110 cm³/mol. The normalized spacial score (nSPS) is 15.9. The first kappa shape index (κ1) is 20.7. The zero-order valence-corrected chi connectivity index (χ0v) is 16.7. The minimum absolute atomic E-state index is 0.106. The minimum atomic E-state index is -0.437. The number of rotatable bonds is 7. The van der Waals surface area contributed by atoms with Gasteiger partial charge >= 0.3 is 0 Å². The van der Waals surface area contributed by atoms with Gasteiger partial charge in [-0.2, -0.15) is 0 Å². The topological polar surface area (TPSA) is 87.7 Å². The first-order valence-corrected chi connectivity index (χ1v) is 9.62. The Kier molecular flexibility index (Phi) is 6.72. The number of benzene rings is 2. The van der Waals surface area contributed by atoms with Gasteiger partial charge in [0.25, 0.3) is 5.91 Å². The zero-order chi connectivity index (χ0) is 20.8. The van der Waals surface area contributed by atoms with E-state index in [1.54, 1.807) is 54.5 Å². The van der Waals surface area contributed by atoms with E-state index in [9.17, 15) is 14.4 Å². The summed E-state index contributed by atoms with van der Waals surface area (Å²) < 4.78 is 5.19. The Balaban J connectivity index is 1.47. The number of halogens is 1. The van der Waals surface area contributed by atoms with Crippen molar-refractivity contribution in [2.45, 2.75) is 6.42 Å². The standard InChI is InChI=1S/C21H22ClN3O4/c1-29-16-6-4-5-15(12-16)25-13-14(11-19(25)26)20(27)23-9-10-24-21(28)17-7-2-3-8-18(17)22/h2-8,12,14H,9-11,13H2,1H3,(H,23,27)(H,24,28). The molecule has 152 valence electrons. The number of methoxy groups -OCH3 is 1. The summed E-state index contributed by atoms with van der Waals surface area (Å²) in [6.07, 6.45) is 0.148. The fraction of sp³-hybridized carbons (Fsp3) is 0.286. The highest BCUT2D eigenvalue weighted by molar-refractivity contribution is 6.33. The van der Waals surface area contributed by atoms with E-state index in [1.807, 2.05) is 6.07 Å². The molecule has 7 nitrogen and oxygen atoms in total. The van der Waals surface area contributed by atoms with Crippen molar-refractivity contribution in [2.75, 3.05) is 31.6 Å². The molecule has 1 saturated heterocycles. The summed E-state index contributed by atoms with van der Waals surface area (Å²) in [4.78, 5) is 38.4. The molecule has 3 rings (SSSR count). The van der Waals surface area contributed by atoms with Crippen molar-refractivity contribution < 1.29 is 19.1 Å². The van der Waals surface area contributed by atoms with Crippen molar-refractivity contribution in [1.82, 2.24) is 10.6 Å². The monoisotopic (exact) mass is 415 g/mol. The minimum Gasteiger partial charge on any atom is -0.497 e. The molecule has 1 fully saturated rings. The van der Waals surface area contributed by atoms with Crippen LogP contribution in [0.5, 0.6) is 5.75 Å². The summed E-state index contributed by atoms with van der Waals surface area (Å²) in [7, 11) is 1.56. The quantitative estimate of drug-likeness (QED) is 0.679. The lowest BCUT2D eigenvalue weighted by atomic mass is 10.1. The molecule has 0 bridgehead atoms. The third-order valence-electron chi connectivity index (χ3n) is 4.69. The maximum absolute atomic E-state index is 12.4. The van der Waals surface area contributed by atoms with Gasteiger partial charge in [0.2, 0.25) is 11.8 Å². The first-order chi connectivity index (χ1) is 14.0. The Hall–Kier alpha value is -3.06. The average Bonchev–Trinajstić information content (AvgIpc) is 3.13. The van der Waals surface area contributed by atoms with E-state index in [-0.39, 0.29) is 37.2 Å². The van der Waals surface area contributed by atoms with Crippen molar-refractivity contribution in [2.24, 2.45) is 5.92 Å². The second kappa shape index (κ2) is 9.43. The van der Waals surface area contributed by atoms with E-state index in [1.165, 1.54) is 0 Å². The molecule has 1 aliphatic heterocycles. The molecule has 29 heavy (non-hydrogen) atoms. The van der Waals surface area contributed by atoms with E-state index in [0.717, 1.165) is 0 Å². The van der Waals surface area contributed by atoms with Gasteiger partial charge in [0, 0.05) is 37.8 Å². The lowest BCUT2D eigenvalue weighted by Gasteiger charge is -2.17. The van der Waals surface area contributed by atoms with Crippen LogP contribution in [-0.4, -0.2) is 44.5 Å². The molecule has 2 aromatic rings. The molecule has 0 aliphatic carbocycles. The molecule has 0 spiro atoms. The molecule has 2 aromatic carbocycles. The summed E-state index contributed by atoms with van der Waals surface area (Å²) in [5, 5.41) is 5.85. The maximum Gasteiger partial charge on any atom is 0.252 e. The van der Waals surface area contributed by atoms with E-state index >= 15 is 0 Å². The molecule has 1 heterocycles. The van der Waals surface area contributed by atoms with Crippen LogP contribution < -0.4 is 20.3 Å². The molecule has 0 radical (unpaired) electrons. The summed E-state index contributed by atoms with van der Waals surface area (Å²) in [5.41, 5.74) is 1.09. The van der Waals surface area contributed by atoms with Crippen LogP contribution in [0.25, 0.3) is 0 Å². The number of hydrogen-bond acceptors (Lipinski definition) is 4. The van der Waals surface area contributed by atoms with Gasteiger partial charge in [0.15, 0.2) is 0 Å². The van der Waals surface area contributed by atoms with E-state index in [0.29, 0.717) is 28.6 Å². The van der Waals surface area contributed by atoms with E-state index in [4.69, 9.17) is 16.3 Å². The van der Waals surface area contributed by atoms with Crippen molar-refractivity contribution in [3.63, 3.8) is 0 Å². The van der Waals surface area contributed by atoms with Crippen LogP contribution >= 0.6 is 11.6 Å². The first-order valence-electron chi connectivity index (χ1n) is 9.24. The Morgan fingerprint density at radius 3 is 2.66 bits per heavy atom. The number of amides is 3. The number of hydrogen-bond donors (Lipinski definition) is 2. The third-order valence-corrected chi connectivity index (χ3v) is 5.02. The zero-order valence-electron chi connectivity index (χ0n) is 16.0. The van der Waals surface area contributed by atoms with Gasteiger partial charge in [-0.1, -0.05) is 29.8 Å². The summed E-state index contributed by atoms with van der Waals surface area (Å²) in [5.74, 6) is -0.406. The molecular formula is C21H22ClN3O4. The molecule has 8 heteroatoms. The van der Waals surface area contributed by atoms with Gasteiger partial charge in [-0.15, -0.1) is 0 Å². The lowest BCUT2D eigenvalue weighted by molar-refractivity contribution is -0.126. The van der Waals surface area contributed by atoms with Gasteiger partial charge in [-0.05, 0) is 24.3 Å². The highest BCUT2D eigenvalue weighted by Gasteiger charge is 2.35. The molecule has 1 atom stereocenters. The van der Waals surface area contributed by atoms with Crippen LogP contribution in [0.1, 0.15) is 16.8 Å². The highest BCUT2D eigenvalue weighted by Crippen LogP contribution is 2.27. The molecule has 1 aliphatic rings. The Morgan fingerprint density at radius 1 is 1.14 bits per heavy atom. The molecule has 0 aromatic heterocycles. The van der Waals surface area contributed by atoms with Gasteiger partial charge in [-0.3, -0.25) is 14.4 Å². The van der Waals surface area contributed by atoms with Crippen molar-refractivity contribution in [1.29, 1.82) is 0 Å². The smallest absolute Gasteiger partial charge is 0.252 e. The number of carbonyl (C=O) groups is 3. The number of anilines is 1. The molecule has 1 unspecified atom stereocenters. The van der Waals surface area contributed by atoms with Crippen LogP contribution in [0.3, 0.4) is 0 Å². The van der Waals surface area contributed by atoms with Crippen LogP contribution in [0.2, 0.25) is 5.02 Å². The van der Waals surface area contributed by atoms with Crippen molar-refractivity contribution >= 4 is 35.0 Å². The van der Waals surface area contributed by atoms with Gasteiger partial charge in [0.05, 0.1) is 23.6 Å². The maximum atomic E-state index is 12.4. The number of ether oxygens (including phenoxy) is 1. The molecule has 3 amide bonds. The average molecular weight is 416 g/mol. The molecular weight excluding hydrogens is 394 g/mol. The fourth-order valence-electron chi connectivity index (χ4n) is 3.16. The van der Waals surface area contributed by atoms with Crippen molar-refractivity contribution in [3.8, 4) is 5.75 Å². The Morgan fingerprint density at radius 2 is 1.90 bits per heavy atom. The van der Waals surface area contributed by atoms with E-state index in [2.05, 4.69) is 10.6 Å². The SMILES string of the molecule is COc1cccc(N2CC(C(=O)NCCNC(=O)c3ccccc3Cl)CC2=O)c1. The second-order valence-electron chi connectivity index (χ2n) is 6.63. The van der Waals surface area contributed by atoms with Gasteiger partial charge < -0.3 is 20.3 Å². The van der Waals surface area contributed by atoms with Crippen LogP contribution in [0.4, 0.5) is 5.69 Å². The Bertz CT molecular complexity index is 918. The molecule has 0 saturated carbocycles. The summed E-state index contributed by atoms with van der Waals surface area (Å²) >= 11 is 5.99. The lowest BCUT2D eigenvalue weighted by Crippen LogP contribution is -2.38. The van der Waals surface area contributed by atoms with Crippen molar-refractivity contribution in [3.05, 3.63) is 59.1 Å². The second-order valence-corrected chi connectivity index (χ2v) is 7.04. The number of nitrogens with zero attached hydrogens (tertiary/aromatic N) is 1.